The molecule has 0 heterocycles. The number of halogens is 10. The molecule has 0 aromatic rings. The van der Waals surface area contributed by atoms with Gasteiger partial charge in [-0.05, 0) is 12.8 Å². The molecule has 0 aliphatic heterocycles. The fourth-order valence-electron chi connectivity index (χ4n) is 2.49. The van der Waals surface area contributed by atoms with Crippen LogP contribution in [0.2, 0.25) is 0 Å². The van der Waals surface area contributed by atoms with Crippen molar-refractivity contribution < 1.29 is 103 Å². The molecule has 0 rings (SSSR count). The summed E-state index contributed by atoms with van der Waals surface area (Å²) in [6.45, 7) is 8.51. The molecule has 0 amide bonds. The minimum atomic E-state index is -5.87. The number of aliphatic carboxylic acids is 2. The summed E-state index contributed by atoms with van der Waals surface area (Å²) in [4.78, 5) is 42.3. The van der Waals surface area contributed by atoms with Crippen LogP contribution in [0, 0.1) is 11.8 Å². The Morgan fingerprint density at radius 2 is 0.884 bits per heavy atom. The van der Waals surface area contributed by atoms with Gasteiger partial charge in [-0.1, -0.05) is 13.8 Å². The third-order valence-corrected chi connectivity index (χ3v) is 6.69. The molecule has 8 nitrogen and oxygen atoms in total. The van der Waals surface area contributed by atoms with Crippen LogP contribution in [0.1, 0.15) is 79.1 Å². The first-order chi connectivity index (χ1) is 19.5. The molecule has 0 aliphatic carbocycles. The summed E-state index contributed by atoms with van der Waals surface area (Å²) in [7, 11) is 0. The molecule has 0 aromatic carbocycles. The van der Waals surface area contributed by atoms with E-state index in [0.717, 1.165) is 13.2 Å². The number of carbonyl (C=O) groups is 4. The Bertz CT molecular complexity index is 770. The number of hydrogen-bond donors (Lipinski definition) is 0. The van der Waals surface area contributed by atoms with E-state index in [1.807, 2.05) is 0 Å². The molecule has 0 saturated carbocycles. The third-order valence-electron chi connectivity index (χ3n) is 5.10. The van der Waals surface area contributed by atoms with Gasteiger partial charge in [0.15, 0.2) is 0 Å². The average Bonchev–Trinajstić information content (AvgIpc) is 2.82. The van der Waals surface area contributed by atoms with Gasteiger partial charge < -0.3 is 19.8 Å². The quantitative estimate of drug-likeness (QED) is 0.115. The number of ketones is 2. The number of hydrogen-bond acceptors (Lipinski definition) is 8. The van der Waals surface area contributed by atoms with Crippen molar-refractivity contribution >= 4 is 23.5 Å². The van der Waals surface area contributed by atoms with Crippen molar-refractivity contribution in [3.63, 3.8) is 0 Å². The molecule has 0 aromatic heterocycles. The molecular formula is C24H34F10O8Zr. The van der Waals surface area contributed by atoms with E-state index in [1.54, 1.807) is 0 Å². The molecule has 0 radical (unpaired) electrons. The fraction of sp³-hybridized carbons (Fsp3) is 0.833. The first kappa shape index (κ1) is 45.8. The van der Waals surface area contributed by atoms with Gasteiger partial charge in [0.25, 0.3) is 0 Å². The zero-order chi connectivity index (χ0) is 34.7. The van der Waals surface area contributed by atoms with Crippen LogP contribution in [0.4, 0.5) is 43.9 Å². The van der Waals surface area contributed by atoms with Gasteiger partial charge in [0, 0.05) is 0 Å². The molecule has 19 heteroatoms. The zero-order valence-electron chi connectivity index (χ0n) is 23.8. The van der Waals surface area contributed by atoms with Gasteiger partial charge in [-0.15, -0.1) is 0 Å². The van der Waals surface area contributed by atoms with Crippen molar-refractivity contribution in [2.24, 2.45) is 11.8 Å². The standard InChI is InChI=1S/2C8H9F5O3.2C4H9O.Zr/c2*1-2-4(6(15)16)5(14)3-7(9,10)8(11,12)13;2*1-2-3-4-5;/h2*4H,2-3H2,1H3,(H,15,16);2*2-4H2,1H3;/q;;2*-1;+4/p-2. The zero-order valence-corrected chi connectivity index (χ0v) is 26.2. The number of Topliss-reactive ketones (excluding diaryl/α,β-unsaturated/α-hetero) is 2. The molecule has 0 spiro atoms. The van der Waals surface area contributed by atoms with Crippen molar-refractivity contribution in [3.05, 3.63) is 0 Å². The van der Waals surface area contributed by atoms with Crippen LogP contribution in [0.25, 0.3) is 0 Å². The fourth-order valence-corrected chi connectivity index (χ4v) is 3.82. The monoisotopic (exact) mass is 730 g/mol. The second-order valence-corrected chi connectivity index (χ2v) is 10.6. The average molecular weight is 732 g/mol. The second kappa shape index (κ2) is 22.0. The second-order valence-electron chi connectivity index (χ2n) is 8.74. The predicted molar refractivity (Wildman–Crippen MR) is 121 cm³/mol. The number of alkyl halides is 10. The van der Waals surface area contributed by atoms with E-state index in [1.165, 1.54) is 39.5 Å². The van der Waals surface area contributed by atoms with Gasteiger partial charge in [-0.25, -0.2) is 0 Å². The molecule has 0 saturated heterocycles. The molecule has 252 valence electrons. The van der Waals surface area contributed by atoms with E-state index in [9.17, 15) is 73.3 Å². The van der Waals surface area contributed by atoms with Crippen molar-refractivity contribution in [1.29, 1.82) is 0 Å². The van der Waals surface area contributed by atoms with E-state index in [-0.39, 0.29) is 0 Å². The van der Waals surface area contributed by atoms with Crippen LogP contribution < -0.4 is 10.2 Å². The number of rotatable bonds is 18. The Morgan fingerprint density at radius 3 is 1.07 bits per heavy atom. The van der Waals surface area contributed by atoms with Gasteiger partial charge in [-0.2, -0.15) is 43.9 Å². The SMILES string of the molecule is CCC(C(=O)[O-])C(=O)CC(F)(F)C(F)(F)F.CCC(C(=O)[O-])C(=O)CC(F)(F)C(F)(F)F.CCCC[O][Zr+2][O]CCCC. The van der Waals surface area contributed by atoms with Crippen LogP contribution in [-0.2, 0) is 48.9 Å². The Labute approximate surface area is 254 Å². The van der Waals surface area contributed by atoms with E-state index < -0.39 is 109 Å². The number of carboxylic acid groups (broad SMARTS) is 2. The van der Waals surface area contributed by atoms with E-state index in [0.29, 0.717) is 0 Å². The van der Waals surface area contributed by atoms with Gasteiger partial charge in [0.2, 0.25) is 0 Å². The van der Waals surface area contributed by atoms with Crippen molar-refractivity contribution in [1.82, 2.24) is 0 Å². The van der Waals surface area contributed by atoms with Gasteiger partial charge in [-0.3, -0.25) is 9.59 Å². The summed E-state index contributed by atoms with van der Waals surface area (Å²) in [5.74, 6) is -21.6. The maximum atomic E-state index is 12.4. The summed E-state index contributed by atoms with van der Waals surface area (Å²) in [6.07, 6.45) is -12.1. The minimum absolute atomic E-state index is 0.394. The Kier molecular flexibility index (Phi) is 23.4. The summed E-state index contributed by atoms with van der Waals surface area (Å²) in [6, 6.07) is 0. The molecule has 0 aliphatic rings. The predicted octanol–water partition coefficient (Wildman–Crippen LogP) is 4.37. The normalized spacial score (nSPS) is 13.3. The van der Waals surface area contributed by atoms with Crippen LogP contribution in [0.3, 0.4) is 0 Å². The first-order valence-electron chi connectivity index (χ1n) is 12.8. The summed E-state index contributed by atoms with van der Waals surface area (Å²) < 4.78 is 130. The van der Waals surface area contributed by atoms with E-state index >= 15 is 0 Å². The third kappa shape index (κ3) is 20.1. The van der Waals surface area contributed by atoms with Gasteiger partial charge in [0.1, 0.15) is 11.6 Å². The van der Waals surface area contributed by atoms with E-state index in [2.05, 4.69) is 13.8 Å². The molecule has 2 atom stereocenters. The molecule has 0 fully saturated rings. The summed E-state index contributed by atoms with van der Waals surface area (Å²) in [5.41, 5.74) is 0. The summed E-state index contributed by atoms with van der Waals surface area (Å²) in [5, 5.41) is 20.5. The molecule has 0 N–H and O–H groups in total. The first-order valence-corrected chi connectivity index (χ1v) is 14.8. The van der Waals surface area contributed by atoms with Crippen LogP contribution in [-0.4, -0.2) is 60.9 Å². The number of unbranched alkanes of at least 4 members (excludes halogenated alkanes) is 2. The Morgan fingerprint density at radius 1 is 0.605 bits per heavy atom. The van der Waals surface area contributed by atoms with Crippen LogP contribution in [0.5, 0.6) is 0 Å². The maximum absolute atomic E-state index is 12.4. The Balaban J connectivity index is -0.000000569. The van der Waals surface area contributed by atoms with Crippen molar-refractivity contribution in [2.45, 2.75) is 103 Å². The van der Waals surface area contributed by atoms with Gasteiger partial charge in [0.05, 0.1) is 36.6 Å². The van der Waals surface area contributed by atoms with Crippen molar-refractivity contribution in [3.8, 4) is 0 Å². The van der Waals surface area contributed by atoms with Crippen LogP contribution in [0.15, 0.2) is 0 Å². The number of carboxylic acids is 2. The topological polar surface area (TPSA) is 133 Å². The van der Waals surface area contributed by atoms with Gasteiger partial charge >= 0.3 is 107 Å². The molecule has 0 bridgehead atoms. The van der Waals surface area contributed by atoms with E-state index in [4.69, 9.17) is 5.63 Å². The molecular weight excluding hydrogens is 697 g/mol. The number of carbonyl (C=O) groups excluding carboxylic acids is 4. The molecule has 43 heavy (non-hydrogen) atoms. The Hall–Kier alpha value is -1.62. The van der Waals surface area contributed by atoms with Crippen LogP contribution >= 0.6 is 0 Å². The van der Waals surface area contributed by atoms with Crippen molar-refractivity contribution in [2.75, 3.05) is 13.2 Å². The molecule has 2 unspecified atom stereocenters. The summed E-state index contributed by atoms with van der Waals surface area (Å²) >= 11 is -0.876.